The van der Waals surface area contributed by atoms with Crippen molar-refractivity contribution in [3.8, 4) is 0 Å². The molecule has 0 atom stereocenters. The average Bonchev–Trinajstić information content (AvgIpc) is 2.57. The minimum absolute atomic E-state index is 0.670. The first-order chi connectivity index (χ1) is 10.8. The lowest BCUT2D eigenvalue weighted by Gasteiger charge is -2.18. The number of rotatable bonds is 7. The zero-order valence-electron chi connectivity index (χ0n) is 13.9. The molecule has 2 rings (SSSR count). The third-order valence-electron chi connectivity index (χ3n) is 4.19. The number of likely N-dealkylation sites (N-methyl/N-ethyl adjacent to an activating group) is 1. The van der Waals surface area contributed by atoms with Crippen LogP contribution in [0, 0.1) is 0 Å². The number of hydrogen-bond donors (Lipinski definition) is 0. The molecule has 0 radical (unpaired) electrons. The van der Waals surface area contributed by atoms with E-state index in [2.05, 4.69) is 54.2 Å². The summed E-state index contributed by atoms with van der Waals surface area (Å²) in [6.07, 6.45) is 6.85. The first kappa shape index (κ1) is 16.8. The molecule has 0 unspecified atom stereocenters. The van der Waals surface area contributed by atoms with Crippen molar-refractivity contribution in [2.45, 2.75) is 39.5 Å². The molecule has 0 bridgehead atoms. The predicted molar refractivity (Wildman–Crippen MR) is 94.1 cm³/mol. The van der Waals surface area contributed by atoms with Crippen LogP contribution in [0.5, 0.6) is 0 Å². The average molecular weight is 300 g/mol. The van der Waals surface area contributed by atoms with Gasteiger partial charge in [0.25, 0.3) is 0 Å². The summed E-state index contributed by atoms with van der Waals surface area (Å²) < 4.78 is 0. The Balaban J connectivity index is 1.94. The van der Waals surface area contributed by atoms with Crippen LogP contribution in [0.25, 0.3) is 6.08 Å². The first-order valence-electron chi connectivity index (χ1n) is 8.50. The van der Waals surface area contributed by atoms with Crippen molar-refractivity contribution >= 4 is 11.8 Å². The van der Waals surface area contributed by atoms with Gasteiger partial charge in [-0.15, -0.1) is 0 Å². The summed E-state index contributed by atoms with van der Waals surface area (Å²) in [7, 11) is 0. The van der Waals surface area contributed by atoms with E-state index in [4.69, 9.17) is 4.84 Å². The standard InChI is InChI=1S/C19H28N2O/c1-3-21(4-2)14-15-22-20-19-13-9-8-12-18(19)16-17-10-6-5-7-11-17/h5-7,10-11,16H,3-4,8-9,12-15H2,1-2H3. The third-order valence-corrected chi connectivity index (χ3v) is 4.19. The number of nitrogens with zero attached hydrogens (tertiary/aromatic N) is 2. The predicted octanol–water partition coefficient (Wildman–Crippen LogP) is 4.36. The van der Waals surface area contributed by atoms with Crippen LogP contribution >= 0.6 is 0 Å². The van der Waals surface area contributed by atoms with E-state index in [0.29, 0.717) is 6.61 Å². The van der Waals surface area contributed by atoms with Gasteiger partial charge in [0, 0.05) is 6.54 Å². The van der Waals surface area contributed by atoms with E-state index in [0.717, 1.165) is 38.2 Å². The van der Waals surface area contributed by atoms with Gasteiger partial charge in [-0.2, -0.15) is 0 Å². The minimum Gasteiger partial charge on any atom is -0.394 e. The summed E-state index contributed by atoms with van der Waals surface area (Å²) in [5.74, 6) is 0. The maximum absolute atomic E-state index is 5.58. The van der Waals surface area contributed by atoms with E-state index < -0.39 is 0 Å². The maximum Gasteiger partial charge on any atom is 0.129 e. The maximum atomic E-state index is 5.58. The van der Waals surface area contributed by atoms with Gasteiger partial charge in [-0.25, -0.2) is 0 Å². The van der Waals surface area contributed by atoms with Crippen LogP contribution in [-0.4, -0.2) is 36.9 Å². The van der Waals surface area contributed by atoms with Crippen molar-refractivity contribution in [2.75, 3.05) is 26.2 Å². The normalized spacial score (nSPS) is 19.0. The molecule has 0 heterocycles. The highest BCUT2D eigenvalue weighted by Crippen LogP contribution is 2.23. The summed E-state index contributed by atoms with van der Waals surface area (Å²) in [6.45, 7) is 8.10. The van der Waals surface area contributed by atoms with Gasteiger partial charge in [0.1, 0.15) is 6.61 Å². The van der Waals surface area contributed by atoms with Gasteiger partial charge in [-0.1, -0.05) is 49.3 Å². The van der Waals surface area contributed by atoms with E-state index in [1.54, 1.807) is 0 Å². The molecule has 0 amide bonds. The Labute approximate surface area is 134 Å². The Morgan fingerprint density at radius 3 is 2.55 bits per heavy atom. The molecule has 22 heavy (non-hydrogen) atoms. The second-order valence-electron chi connectivity index (χ2n) is 5.69. The fourth-order valence-electron chi connectivity index (χ4n) is 2.76. The van der Waals surface area contributed by atoms with Gasteiger partial charge >= 0.3 is 0 Å². The van der Waals surface area contributed by atoms with E-state index in [1.165, 1.54) is 24.0 Å². The summed E-state index contributed by atoms with van der Waals surface area (Å²) in [5, 5.41) is 4.42. The largest absolute Gasteiger partial charge is 0.394 e. The molecule has 3 nitrogen and oxygen atoms in total. The molecule has 1 aliphatic carbocycles. The van der Waals surface area contributed by atoms with E-state index in [1.807, 2.05) is 6.07 Å². The molecule has 0 N–H and O–H groups in total. The Morgan fingerprint density at radius 2 is 1.82 bits per heavy atom. The number of hydrogen-bond acceptors (Lipinski definition) is 3. The topological polar surface area (TPSA) is 24.8 Å². The molecule has 120 valence electrons. The van der Waals surface area contributed by atoms with Crippen LogP contribution in [0.15, 0.2) is 41.1 Å². The molecule has 1 aliphatic rings. The molecule has 0 saturated heterocycles. The molecule has 1 fully saturated rings. The van der Waals surface area contributed by atoms with Gasteiger partial charge in [0.05, 0.1) is 5.71 Å². The van der Waals surface area contributed by atoms with Crippen molar-refractivity contribution in [1.29, 1.82) is 0 Å². The third kappa shape index (κ3) is 5.30. The van der Waals surface area contributed by atoms with Crippen molar-refractivity contribution in [2.24, 2.45) is 5.16 Å². The lowest BCUT2D eigenvalue weighted by molar-refractivity contribution is 0.113. The Morgan fingerprint density at radius 1 is 1.09 bits per heavy atom. The Hall–Kier alpha value is -1.61. The van der Waals surface area contributed by atoms with Gasteiger partial charge in [0.15, 0.2) is 0 Å². The summed E-state index contributed by atoms with van der Waals surface area (Å²) in [5.41, 5.74) is 3.71. The molecule has 1 aromatic carbocycles. The molecule has 1 aromatic rings. The van der Waals surface area contributed by atoms with Crippen LogP contribution in [0.1, 0.15) is 45.1 Å². The van der Waals surface area contributed by atoms with Crippen LogP contribution < -0.4 is 0 Å². The van der Waals surface area contributed by atoms with Crippen molar-refractivity contribution in [3.05, 3.63) is 41.5 Å². The Kier molecular flexibility index (Phi) is 7.17. The molecule has 0 spiro atoms. The zero-order chi connectivity index (χ0) is 15.6. The monoisotopic (exact) mass is 300 g/mol. The van der Waals surface area contributed by atoms with Crippen LogP contribution in [0.4, 0.5) is 0 Å². The SMILES string of the molecule is CCN(CC)CCON=C1CCCCC1=Cc1ccccc1. The molecule has 0 aliphatic heterocycles. The Bertz CT molecular complexity index is 489. The molecule has 3 heteroatoms. The molecular weight excluding hydrogens is 272 g/mol. The van der Waals surface area contributed by atoms with E-state index >= 15 is 0 Å². The molecule has 0 aromatic heterocycles. The van der Waals surface area contributed by atoms with Gasteiger partial charge in [-0.05, 0) is 56.0 Å². The van der Waals surface area contributed by atoms with Gasteiger partial charge in [0.2, 0.25) is 0 Å². The lowest BCUT2D eigenvalue weighted by atomic mass is 9.91. The van der Waals surface area contributed by atoms with Crippen LogP contribution in [0.2, 0.25) is 0 Å². The van der Waals surface area contributed by atoms with E-state index in [-0.39, 0.29) is 0 Å². The lowest BCUT2D eigenvalue weighted by Crippen LogP contribution is -2.26. The van der Waals surface area contributed by atoms with Crippen molar-refractivity contribution in [1.82, 2.24) is 4.90 Å². The second-order valence-corrected chi connectivity index (χ2v) is 5.69. The fraction of sp³-hybridized carbons (Fsp3) is 0.526. The van der Waals surface area contributed by atoms with Gasteiger partial charge in [-0.3, -0.25) is 0 Å². The number of oxime groups is 1. The highest BCUT2D eigenvalue weighted by Gasteiger charge is 2.14. The van der Waals surface area contributed by atoms with Gasteiger partial charge < -0.3 is 9.74 Å². The fourth-order valence-corrected chi connectivity index (χ4v) is 2.76. The zero-order valence-corrected chi connectivity index (χ0v) is 13.9. The highest BCUT2D eigenvalue weighted by molar-refractivity contribution is 6.03. The summed E-state index contributed by atoms with van der Waals surface area (Å²) in [4.78, 5) is 7.93. The van der Waals surface area contributed by atoms with Crippen LogP contribution in [0.3, 0.4) is 0 Å². The van der Waals surface area contributed by atoms with Crippen LogP contribution in [-0.2, 0) is 4.84 Å². The van der Waals surface area contributed by atoms with E-state index in [9.17, 15) is 0 Å². The molecule has 1 saturated carbocycles. The van der Waals surface area contributed by atoms with Crippen molar-refractivity contribution < 1.29 is 4.84 Å². The summed E-state index contributed by atoms with van der Waals surface area (Å²) >= 11 is 0. The smallest absolute Gasteiger partial charge is 0.129 e. The highest BCUT2D eigenvalue weighted by atomic mass is 16.6. The van der Waals surface area contributed by atoms with Crippen molar-refractivity contribution in [3.63, 3.8) is 0 Å². The molecular formula is C19H28N2O. The quantitative estimate of drug-likeness (QED) is 0.552. The first-order valence-corrected chi connectivity index (χ1v) is 8.50. The number of benzene rings is 1. The summed E-state index contributed by atoms with van der Waals surface area (Å²) in [6, 6.07) is 10.5. The number of allylic oxidation sites excluding steroid dienone is 1. The minimum atomic E-state index is 0.670. The second kappa shape index (κ2) is 9.42.